The number of hydrogen-bond acceptors (Lipinski definition) is 3. The van der Waals surface area contributed by atoms with Gasteiger partial charge in [-0.3, -0.25) is 0 Å². The fourth-order valence-electron chi connectivity index (χ4n) is 4.43. The van der Waals surface area contributed by atoms with Crippen molar-refractivity contribution < 1.29 is 10.0 Å². The van der Waals surface area contributed by atoms with Gasteiger partial charge in [0, 0.05) is 11.6 Å². The lowest BCUT2D eigenvalue weighted by Gasteiger charge is -2.44. The summed E-state index contributed by atoms with van der Waals surface area (Å²) < 4.78 is 2.38. The maximum atomic E-state index is 9.59. The Morgan fingerprint density at radius 2 is 1.55 bits per heavy atom. The van der Waals surface area contributed by atoms with Crippen LogP contribution in [0.2, 0.25) is 16.6 Å². The van der Waals surface area contributed by atoms with E-state index in [0.717, 1.165) is 11.0 Å². The Morgan fingerprint density at radius 1 is 1.00 bits per heavy atom. The molecule has 120 valence electrons. The van der Waals surface area contributed by atoms with Gasteiger partial charge >= 0.3 is 7.12 Å². The minimum Gasteiger partial charge on any atom is -0.423 e. The molecule has 0 unspecified atom stereocenters. The van der Waals surface area contributed by atoms with Gasteiger partial charge in [0.25, 0.3) is 0 Å². The number of pyridine rings is 1. The summed E-state index contributed by atoms with van der Waals surface area (Å²) in [7, 11) is -3.35. The topological polar surface area (TPSA) is 58.3 Å². The van der Waals surface area contributed by atoms with Crippen LogP contribution in [0, 0.1) is 0 Å². The first-order valence-corrected chi connectivity index (χ1v) is 10.2. The zero-order chi connectivity index (χ0) is 16.7. The van der Waals surface area contributed by atoms with Crippen molar-refractivity contribution >= 4 is 31.9 Å². The van der Waals surface area contributed by atoms with Gasteiger partial charge in [-0.25, -0.2) is 4.98 Å². The van der Waals surface area contributed by atoms with E-state index < -0.39 is 15.4 Å². The predicted octanol–water partition coefficient (Wildman–Crippen LogP) is 2.74. The monoisotopic (exact) mass is 318 g/mol. The molecule has 2 N–H and O–H groups in total. The second-order valence-electron chi connectivity index (χ2n) is 7.05. The Balaban J connectivity index is 2.79. The van der Waals surface area contributed by atoms with Gasteiger partial charge in [-0.2, -0.15) is 0 Å². The quantitative estimate of drug-likeness (QED) is 0.834. The summed E-state index contributed by atoms with van der Waals surface area (Å²) in [5, 5.41) is 20.0. The Bertz CT molecular complexity index is 631. The zero-order valence-corrected chi connectivity index (χ0v) is 15.4. The molecule has 2 aromatic heterocycles. The first-order valence-electron chi connectivity index (χ1n) is 8.07. The summed E-state index contributed by atoms with van der Waals surface area (Å²) in [5.41, 5.74) is 3.10. The molecule has 4 nitrogen and oxygen atoms in total. The summed E-state index contributed by atoms with van der Waals surface area (Å²) in [5.74, 6) is 0. The van der Waals surface area contributed by atoms with Crippen LogP contribution in [-0.4, -0.2) is 34.6 Å². The van der Waals surface area contributed by atoms with Crippen LogP contribution in [0.4, 0.5) is 0 Å². The number of fused-ring (bicyclic) bond motifs is 1. The number of aromatic nitrogens is 2. The first kappa shape index (κ1) is 17.2. The van der Waals surface area contributed by atoms with Crippen molar-refractivity contribution in [1.29, 1.82) is 0 Å². The molecular formula is C16H27BN2O2Si. The Morgan fingerprint density at radius 3 is 2.00 bits per heavy atom. The molecule has 0 bridgehead atoms. The van der Waals surface area contributed by atoms with Crippen molar-refractivity contribution in [2.24, 2.45) is 0 Å². The molecule has 0 aliphatic heterocycles. The molecule has 0 aliphatic rings. The molecule has 2 heterocycles. The van der Waals surface area contributed by atoms with Crippen LogP contribution in [0.5, 0.6) is 0 Å². The van der Waals surface area contributed by atoms with Gasteiger partial charge in [-0.15, -0.1) is 0 Å². The van der Waals surface area contributed by atoms with E-state index in [1.165, 1.54) is 0 Å². The highest BCUT2D eigenvalue weighted by Crippen LogP contribution is 2.43. The Hall–Kier alpha value is -1.11. The summed E-state index contributed by atoms with van der Waals surface area (Å²) in [6.45, 7) is 13.8. The van der Waals surface area contributed by atoms with E-state index in [1.54, 1.807) is 12.3 Å². The minimum absolute atomic E-state index is 0.530. The van der Waals surface area contributed by atoms with Crippen LogP contribution < -0.4 is 5.46 Å². The lowest BCUT2D eigenvalue weighted by molar-refractivity contribution is 0.426. The highest BCUT2D eigenvalue weighted by atomic mass is 28.3. The molecule has 2 rings (SSSR count). The molecule has 0 atom stereocenters. The van der Waals surface area contributed by atoms with Crippen molar-refractivity contribution in [3.63, 3.8) is 0 Å². The molecule has 0 saturated carbocycles. The number of hydrogen-bond donors (Lipinski definition) is 2. The summed E-state index contributed by atoms with van der Waals surface area (Å²) >= 11 is 0. The van der Waals surface area contributed by atoms with Crippen LogP contribution in [0.3, 0.4) is 0 Å². The van der Waals surface area contributed by atoms with Crippen LogP contribution >= 0.6 is 0 Å². The van der Waals surface area contributed by atoms with E-state index in [0.29, 0.717) is 22.1 Å². The molecule has 6 heteroatoms. The van der Waals surface area contributed by atoms with Crippen LogP contribution in [0.25, 0.3) is 11.0 Å². The van der Waals surface area contributed by atoms with E-state index in [9.17, 15) is 10.0 Å². The van der Waals surface area contributed by atoms with Crippen molar-refractivity contribution in [1.82, 2.24) is 9.22 Å². The molecule has 0 aromatic carbocycles. The van der Waals surface area contributed by atoms with Gasteiger partial charge in [-0.05, 0) is 40.4 Å². The zero-order valence-electron chi connectivity index (χ0n) is 14.4. The minimum atomic E-state index is -1.88. The van der Waals surface area contributed by atoms with E-state index in [2.05, 4.69) is 57.0 Å². The predicted molar refractivity (Wildman–Crippen MR) is 96.0 cm³/mol. The maximum absolute atomic E-state index is 9.59. The third-order valence-electron chi connectivity index (χ3n) is 5.09. The van der Waals surface area contributed by atoms with Crippen molar-refractivity contribution in [2.45, 2.75) is 58.2 Å². The summed E-state index contributed by atoms with van der Waals surface area (Å²) in [6, 6.07) is 3.66. The highest BCUT2D eigenvalue weighted by Gasteiger charge is 2.46. The van der Waals surface area contributed by atoms with Crippen molar-refractivity contribution in [3.8, 4) is 0 Å². The van der Waals surface area contributed by atoms with Gasteiger partial charge in [0.15, 0.2) is 8.24 Å². The van der Waals surface area contributed by atoms with Crippen LogP contribution in [0.1, 0.15) is 41.5 Å². The molecule has 22 heavy (non-hydrogen) atoms. The Kier molecular flexibility index (Phi) is 4.85. The molecule has 0 aliphatic carbocycles. The highest BCUT2D eigenvalue weighted by molar-refractivity contribution is 6.82. The average molecular weight is 318 g/mol. The molecule has 0 saturated heterocycles. The molecule has 0 amide bonds. The fourth-order valence-corrected chi connectivity index (χ4v) is 11.0. The van der Waals surface area contributed by atoms with Gasteiger partial charge in [-0.1, -0.05) is 41.5 Å². The Labute approximate surface area is 134 Å². The number of rotatable bonds is 5. The first-order chi connectivity index (χ1) is 10.2. The van der Waals surface area contributed by atoms with Crippen molar-refractivity contribution in [2.75, 3.05) is 0 Å². The summed E-state index contributed by atoms with van der Waals surface area (Å²) in [4.78, 5) is 4.57. The van der Waals surface area contributed by atoms with Crippen molar-refractivity contribution in [3.05, 3.63) is 24.5 Å². The molecule has 2 aromatic rings. The van der Waals surface area contributed by atoms with E-state index in [1.807, 2.05) is 6.07 Å². The smallest absolute Gasteiger partial charge is 0.423 e. The fraction of sp³-hybridized carbons (Fsp3) is 0.562. The summed E-state index contributed by atoms with van der Waals surface area (Å²) in [6.07, 6.45) is 3.78. The SMILES string of the molecule is CC(C)[Si](C(C)C)(C(C)C)n1ccc2c(B(O)O)ccnc21. The second kappa shape index (κ2) is 6.18. The third kappa shape index (κ3) is 2.43. The van der Waals surface area contributed by atoms with Crippen LogP contribution in [0.15, 0.2) is 24.5 Å². The number of nitrogens with zero attached hydrogens (tertiary/aromatic N) is 2. The molecular weight excluding hydrogens is 291 g/mol. The molecule has 0 fully saturated rings. The second-order valence-corrected chi connectivity index (χ2v) is 12.8. The van der Waals surface area contributed by atoms with Gasteiger partial charge in [0.1, 0.15) is 5.65 Å². The normalized spacial score (nSPS) is 12.9. The van der Waals surface area contributed by atoms with E-state index >= 15 is 0 Å². The third-order valence-corrected chi connectivity index (χ3v) is 11.8. The molecule has 0 spiro atoms. The molecule has 0 radical (unpaired) electrons. The largest absolute Gasteiger partial charge is 0.489 e. The van der Waals surface area contributed by atoms with E-state index in [4.69, 9.17) is 0 Å². The lowest BCUT2D eigenvalue weighted by atomic mass is 9.79. The van der Waals surface area contributed by atoms with Gasteiger partial charge in [0.05, 0.1) is 0 Å². The average Bonchev–Trinajstić information content (AvgIpc) is 2.82. The maximum Gasteiger partial charge on any atom is 0.489 e. The lowest BCUT2D eigenvalue weighted by Crippen LogP contribution is -2.51. The van der Waals surface area contributed by atoms with E-state index in [-0.39, 0.29) is 0 Å². The van der Waals surface area contributed by atoms with Gasteiger partial charge < -0.3 is 14.3 Å². The van der Waals surface area contributed by atoms with Gasteiger partial charge in [0.2, 0.25) is 0 Å². The van der Waals surface area contributed by atoms with Crippen LogP contribution in [-0.2, 0) is 0 Å². The standard InChI is InChI=1S/C16H27BN2O2Si/c1-11(2)22(12(3)4,13(5)6)19-10-8-14-15(17(20)21)7-9-18-16(14)19/h7-13,20-21H,1-6H3.